The predicted molar refractivity (Wildman–Crippen MR) is 73.1 cm³/mol. The van der Waals surface area contributed by atoms with Crippen LogP contribution in [0.3, 0.4) is 0 Å². The number of nitrogens with one attached hydrogen (secondary N) is 1. The van der Waals surface area contributed by atoms with Crippen LogP contribution in [0.1, 0.15) is 0 Å². The number of anilines is 1. The maximum absolute atomic E-state index is 12.9. The highest BCUT2D eigenvalue weighted by Gasteiger charge is 2.08. The number of hydrogen-bond acceptors (Lipinski definition) is 4. The van der Waals surface area contributed by atoms with Gasteiger partial charge in [-0.25, -0.2) is 14.4 Å². The van der Waals surface area contributed by atoms with Crippen molar-refractivity contribution in [2.75, 3.05) is 12.4 Å². The maximum Gasteiger partial charge on any atom is 0.170 e. The lowest BCUT2D eigenvalue weighted by Gasteiger charge is -2.06. The molecule has 0 aliphatic carbocycles. The van der Waals surface area contributed by atoms with E-state index in [1.165, 1.54) is 23.9 Å². The first-order valence-corrected chi connectivity index (χ1v) is 6.53. The summed E-state index contributed by atoms with van der Waals surface area (Å²) in [5.41, 5.74) is 0.785. The third kappa shape index (κ3) is 2.39. The molecule has 1 N–H and O–H groups in total. The van der Waals surface area contributed by atoms with Gasteiger partial charge in [0.15, 0.2) is 5.65 Å². The van der Waals surface area contributed by atoms with E-state index in [0.29, 0.717) is 0 Å². The van der Waals surface area contributed by atoms with Gasteiger partial charge in [-0.05, 0) is 24.3 Å². The summed E-state index contributed by atoms with van der Waals surface area (Å²) in [5, 5.41) is 3.79. The Morgan fingerprint density at radius 3 is 2.79 bits per heavy atom. The minimum Gasteiger partial charge on any atom is -0.372 e. The quantitative estimate of drug-likeness (QED) is 0.797. The predicted octanol–water partition coefficient (Wildman–Crippen LogP) is 3.06. The highest BCUT2D eigenvalue weighted by Crippen LogP contribution is 2.29. The third-order valence-corrected chi connectivity index (χ3v) is 3.60. The van der Waals surface area contributed by atoms with E-state index in [2.05, 4.69) is 15.3 Å². The van der Waals surface area contributed by atoms with Crippen LogP contribution in [-0.4, -0.2) is 21.4 Å². The summed E-state index contributed by atoms with van der Waals surface area (Å²) in [7, 11) is 1.82. The minimum absolute atomic E-state index is 0.243. The summed E-state index contributed by atoms with van der Waals surface area (Å²) in [6, 6.07) is 6.33. The zero-order chi connectivity index (χ0) is 13.2. The molecular formula is C13H11FN4S. The van der Waals surface area contributed by atoms with Crippen LogP contribution in [0.25, 0.3) is 5.65 Å². The smallest absolute Gasteiger partial charge is 0.170 e. The van der Waals surface area contributed by atoms with E-state index in [9.17, 15) is 4.39 Å². The Kier molecular flexibility index (Phi) is 3.08. The van der Waals surface area contributed by atoms with E-state index < -0.39 is 0 Å². The van der Waals surface area contributed by atoms with Gasteiger partial charge in [-0.15, -0.1) is 0 Å². The van der Waals surface area contributed by atoms with Crippen molar-refractivity contribution in [1.29, 1.82) is 0 Å². The number of imidazole rings is 1. The maximum atomic E-state index is 12.9. The average molecular weight is 274 g/mol. The van der Waals surface area contributed by atoms with Crippen LogP contribution in [0.15, 0.2) is 52.8 Å². The van der Waals surface area contributed by atoms with E-state index in [0.717, 1.165) is 21.4 Å². The Bertz CT molecular complexity index is 708. The van der Waals surface area contributed by atoms with Crippen molar-refractivity contribution < 1.29 is 4.39 Å². The first-order chi connectivity index (χ1) is 9.26. The van der Waals surface area contributed by atoms with Gasteiger partial charge in [0.1, 0.15) is 16.7 Å². The van der Waals surface area contributed by atoms with Crippen molar-refractivity contribution in [1.82, 2.24) is 14.4 Å². The van der Waals surface area contributed by atoms with Gasteiger partial charge in [0, 0.05) is 24.3 Å². The van der Waals surface area contributed by atoms with Crippen molar-refractivity contribution in [2.24, 2.45) is 0 Å². The molecule has 0 bridgehead atoms. The van der Waals surface area contributed by atoms with E-state index in [1.807, 2.05) is 23.8 Å². The lowest BCUT2D eigenvalue weighted by molar-refractivity contribution is 0.626. The molecule has 0 amide bonds. The van der Waals surface area contributed by atoms with Gasteiger partial charge in [-0.3, -0.25) is 0 Å². The average Bonchev–Trinajstić information content (AvgIpc) is 2.89. The summed E-state index contributed by atoms with van der Waals surface area (Å²) < 4.78 is 14.8. The van der Waals surface area contributed by atoms with Crippen LogP contribution < -0.4 is 5.32 Å². The fourth-order valence-corrected chi connectivity index (χ4v) is 2.59. The summed E-state index contributed by atoms with van der Waals surface area (Å²) in [5.74, 6) is 0.516. The van der Waals surface area contributed by atoms with Crippen LogP contribution in [0.5, 0.6) is 0 Å². The SMILES string of the molecule is CNc1cn2ccnc2c(Sc2ccc(F)cc2)n1. The Morgan fingerprint density at radius 2 is 2.05 bits per heavy atom. The van der Waals surface area contributed by atoms with E-state index in [1.54, 1.807) is 18.3 Å². The Balaban J connectivity index is 2.03. The molecule has 0 spiro atoms. The summed E-state index contributed by atoms with van der Waals surface area (Å²) in [6.45, 7) is 0. The highest BCUT2D eigenvalue weighted by atomic mass is 32.2. The van der Waals surface area contributed by atoms with Crippen molar-refractivity contribution in [2.45, 2.75) is 9.92 Å². The second-order valence-corrected chi connectivity index (χ2v) is 4.96. The Labute approximate surface area is 113 Å². The molecule has 0 fully saturated rings. The molecule has 4 nitrogen and oxygen atoms in total. The number of aromatic nitrogens is 3. The van der Waals surface area contributed by atoms with E-state index >= 15 is 0 Å². The van der Waals surface area contributed by atoms with Gasteiger partial charge in [-0.1, -0.05) is 11.8 Å². The molecular weight excluding hydrogens is 263 g/mol. The van der Waals surface area contributed by atoms with Crippen LogP contribution in [0.2, 0.25) is 0 Å². The number of halogens is 1. The second-order valence-electron chi connectivity index (χ2n) is 3.90. The number of benzene rings is 1. The molecule has 0 saturated carbocycles. The van der Waals surface area contributed by atoms with Gasteiger partial charge >= 0.3 is 0 Å². The third-order valence-electron chi connectivity index (χ3n) is 2.63. The lowest BCUT2D eigenvalue weighted by Crippen LogP contribution is -1.98. The first kappa shape index (κ1) is 12.0. The number of rotatable bonds is 3. The fourth-order valence-electron chi connectivity index (χ4n) is 1.71. The molecule has 3 aromatic rings. The van der Waals surface area contributed by atoms with Crippen LogP contribution in [0, 0.1) is 5.82 Å². The molecule has 96 valence electrons. The van der Waals surface area contributed by atoms with Crippen LogP contribution in [0.4, 0.5) is 10.2 Å². The van der Waals surface area contributed by atoms with Gasteiger partial charge in [0.25, 0.3) is 0 Å². The normalized spacial score (nSPS) is 10.8. The van der Waals surface area contributed by atoms with Crippen molar-refractivity contribution in [3.05, 3.63) is 48.7 Å². The summed E-state index contributed by atoms with van der Waals surface area (Å²) in [6.07, 6.45) is 5.47. The topological polar surface area (TPSA) is 42.2 Å². The first-order valence-electron chi connectivity index (χ1n) is 5.71. The zero-order valence-electron chi connectivity index (χ0n) is 10.2. The molecule has 1 aromatic carbocycles. The minimum atomic E-state index is -0.243. The molecule has 0 aliphatic rings. The number of nitrogens with zero attached hydrogens (tertiary/aromatic N) is 3. The molecule has 0 radical (unpaired) electrons. The van der Waals surface area contributed by atoms with Gasteiger partial charge in [0.2, 0.25) is 0 Å². The molecule has 2 heterocycles. The fraction of sp³-hybridized carbons (Fsp3) is 0.0769. The largest absolute Gasteiger partial charge is 0.372 e. The Hall–Kier alpha value is -2.08. The van der Waals surface area contributed by atoms with E-state index in [4.69, 9.17) is 0 Å². The zero-order valence-corrected chi connectivity index (χ0v) is 11.0. The Morgan fingerprint density at radius 1 is 1.26 bits per heavy atom. The number of fused-ring (bicyclic) bond motifs is 1. The molecule has 19 heavy (non-hydrogen) atoms. The van der Waals surface area contributed by atoms with Gasteiger partial charge < -0.3 is 9.72 Å². The van der Waals surface area contributed by atoms with Crippen molar-refractivity contribution >= 4 is 23.2 Å². The highest BCUT2D eigenvalue weighted by molar-refractivity contribution is 7.99. The number of hydrogen-bond donors (Lipinski definition) is 1. The molecule has 6 heteroatoms. The molecule has 2 aromatic heterocycles. The standard InChI is InChI=1S/C13H11FN4S/c1-15-11-8-18-7-6-16-12(18)13(17-11)19-10-4-2-9(14)3-5-10/h2-8,15H,1H3. The molecule has 0 aliphatic heterocycles. The molecule has 0 unspecified atom stereocenters. The van der Waals surface area contributed by atoms with Gasteiger partial charge in [0.05, 0.1) is 6.20 Å². The molecule has 3 rings (SSSR count). The summed E-state index contributed by atoms with van der Waals surface area (Å²) >= 11 is 1.46. The second kappa shape index (κ2) is 4.89. The van der Waals surface area contributed by atoms with Crippen LogP contribution in [-0.2, 0) is 0 Å². The van der Waals surface area contributed by atoms with Gasteiger partial charge in [-0.2, -0.15) is 0 Å². The van der Waals surface area contributed by atoms with Crippen molar-refractivity contribution in [3.8, 4) is 0 Å². The van der Waals surface area contributed by atoms with Crippen LogP contribution >= 0.6 is 11.8 Å². The van der Waals surface area contributed by atoms with Crippen molar-refractivity contribution in [3.63, 3.8) is 0 Å². The summed E-state index contributed by atoms with van der Waals surface area (Å²) in [4.78, 5) is 9.69. The van der Waals surface area contributed by atoms with E-state index in [-0.39, 0.29) is 5.82 Å². The molecule has 0 saturated heterocycles. The monoisotopic (exact) mass is 274 g/mol. The molecule has 0 atom stereocenters. The lowest BCUT2D eigenvalue weighted by atomic mass is 10.4.